The van der Waals surface area contributed by atoms with Crippen molar-refractivity contribution in [3.8, 4) is 0 Å². The van der Waals surface area contributed by atoms with Crippen molar-refractivity contribution in [3.05, 3.63) is 24.5 Å². The molecule has 0 bridgehead atoms. The van der Waals surface area contributed by atoms with Gasteiger partial charge in [0.1, 0.15) is 0 Å². The lowest BCUT2D eigenvalue weighted by atomic mass is 10.2. The third kappa shape index (κ3) is 1.66. The van der Waals surface area contributed by atoms with Crippen LogP contribution in [0.3, 0.4) is 0 Å². The van der Waals surface area contributed by atoms with Gasteiger partial charge in [-0.3, -0.25) is 0 Å². The minimum Gasteiger partial charge on any atom is -0.394 e. The SMILES string of the molecule is C=Cn1cc([C@@H](N)CO)cn1. The van der Waals surface area contributed by atoms with Crippen molar-refractivity contribution in [2.45, 2.75) is 6.04 Å². The van der Waals surface area contributed by atoms with Gasteiger partial charge in [-0.15, -0.1) is 0 Å². The first-order valence-electron chi connectivity index (χ1n) is 3.31. The number of hydrogen-bond acceptors (Lipinski definition) is 3. The fourth-order valence-corrected chi connectivity index (χ4v) is 0.749. The van der Waals surface area contributed by atoms with E-state index in [0.29, 0.717) is 0 Å². The fraction of sp³-hybridized carbons (Fsp3) is 0.286. The maximum atomic E-state index is 8.68. The molecule has 11 heavy (non-hydrogen) atoms. The lowest BCUT2D eigenvalue weighted by Gasteiger charge is -2.01. The van der Waals surface area contributed by atoms with Crippen molar-refractivity contribution in [1.82, 2.24) is 9.78 Å². The predicted octanol–water partition coefficient (Wildman–Crippen LogP) is -0.0243. The molecular weight excluding hydrogens is 142 g/mol. The third-order valence-corrected chi connectivity index (χ3v) is 1.43. The Balaban J connectivity index is 2.79. The second kappa shape index (κ2) is 3.32. The van der Waals surface area contributed by atoms with Crippen molar-refractivity contribution < 1.29 is 5.11 Å². The van der Waals surface area contributed by atoms with E-state index >= 15 is 0 Å². The van der Waals surface area contributed by atoms with Crippen molar-refractivity contribution >= 4 is 6.20 Å². The van der Waals surface area contributed by atoms with Gasteiger partial charge in [0, 0.05) is 18.0 Å². The van der Waals surface area contributed by atoms with Gasteiger partial charge in [0.25, 0.3) is 0 Å². The summed E-state index contributed by atoms with van der Waals surface area (Å²) < 4.78 is 1.55. The molecule has 0 saturated heterocycles. The molecule has 0 radical (unpaired) electrons. The van der Waals surface area contributed by atoms with Gasteiger partial charge < -0.3 is 10.8 Å². The highest BCUT2D eigenvalue weighted by atomic mass is 16.3. The molecule has 0 aliphatic carbocycles. The van der Waals surface area contributed by atoms with Crippen LogP contribution in [0.4, 0.5) is 0 Å². The third-order valence-electron chi connectivity index (χ3n) is 1.43. The van der Waals surface area contributed by atoms with Gasteiger partial charge in [0.05, 0.1) is 18.8 Å². The van der Waals surface area contributed by atoms with E-state index < -0.39 is 0 Å². The number of hydrogen-bond donors (Lipinski definition) is 2. The van der Waals surface area contributed by atoms with Crippen LogP contribution in [-0.4, -0.2) is 21.5 Å². The number of aliphatic hydroxyl groups is 1. The summed E-state index contributed by atoms with van der Waals surface area (Å²) in [5.74, 6) is 0. The molecule has 0 spiro atoms. The summed E-state index contributed by atoms with van der Waals surface area (Å²) in [5, 5.41) is 12.6. The van der Waals surface area contributed by atoms with Crippen molar-refractivity contribution in [2.75, 3.05) is 6.61 Å². The summed E-state index contributed by atoms with van der Waals surface area (Å²) in [7, 11) is 0. The molecule has 4 nitrogen and oxygen atoms in total. The van der Waals surface area contributed by atoms with E-state index in [4.69, 9.17) is 10.8 Å². The summed E-state index contributed by atoms with van der Waals surface area (Å²) in [5.41, 5.74) is 6.34. The topological polar surface area (TPSA) is 64.1 Å². The van der Waals surface area contributed by atoms with Gasteiger partial charge in [-0.05, 0) is 0 Å². The quantitative estimate of drug-likeness (QED) is 0.641. The summed E-state index contributed by atoms with van der Waals surface area (Å²) in [6.45, 7) is 3.46. The minimum absolute atomic E-state index is 0.0666. The van der Waals surface area contributed by atoms with Gasteiger partial charge in [-0.25, -0.2) is 4.68 Å². The molecule has 1 aromatic heterocycles. The molecule has 0 aliphatic rings. The Kier molecular flexibility index (Phi) is 2.40. The monoisotopic (exact) mass is 153 g/mol. The second-order valence-electron chi connectivity index (χ2n) is 2.23. The highest BCUT2D eigenvalue weighted by molar-refractivity contribution is 5.19. The van der Waals surface area contributed by atoms with E-state index in [1.165, 1.54) is 0 Å². The molecule has 1 aromatic rings. The summed E-state index contributed by atoms with van der Waals surface area (Å²) in [6, 6.07) is -0.344. The van der Waals surface area contributed by atoms with Crippen LogP contribution in [0, 0.1) is 0 Å². The van der Waals surface area contributed by atoms with Gasteiger partial charge in [0.2, 0.25) is 0 Å². The van der Waals surface area contributed by atoms with E-state index in [1.807, 2.05) is 0 Å². The number of rotatable bonds is 3. The second-order valence-corrected chi connectivity index (χ2v) is 2.23. The zero-order chi connectivity index (χ0) is 8.27. The van der Waals surface area contributed by atoms with Crippen molar-refractivity contribution in [1.29, 1.82) is 0 Å². The average Bonchev–Trinajstić information content (AvgIpc) is 2.50. The first-order chi connectivity index (χ1) is 5.27. The Hall–Kier alpha value is -1.13. The van der Waals surface area contributed by atoms with Crippen LogP contribution in [0.15, 0.2) is 19.0 Å². The summed E-state index contributed by atoms with van der Waals surface area (Å²) in [6.07, 6.45) is 4.91. The molecule has 60 valence electrons. The first kappa shape index (κ1) is 7.97. The van der Waals surface area contributed by atoms with E-state index in [2.05, 4.69) is 11.7 Å². The van der Waals surface area contributed by atoms with Crippen LogP contribution in [0.5, 0.6) is 0 Å². The molecule has 0 aromatic carbocycles. The van der Waals surface area contributed by atoms with Crippen LogP contribution in [0.2, 0.25) is 0 Å². The Morgan fingerprint density at radius 2 is 2.64 bits per heavy atom. The van der Waals surface area contributed by atoms with E-state index in [9.17, 15) is 0 Å². The Labute approximate surface area is 64.9 Å². The van der Waals surface area contributed by atoms with E-state index in [1.54, 1.807) is 23.3 Å². The molecule has 0 aliphatic heterocycles. The van der Waals surface area contributed by atoms with Crippen molar-refractivity contribution in [3.63, 3.8) is 0 Å². The smallest absolute Gasteiger partial charge is 0.0625 e. The molecule has 0 fully saturated rings. The Morgan fingerprint density at radius 3 is 3.09 bits per heavy atom. The fourth-order valence-electron chi connectivity index (χ4n) is 0.749. The largest absolute Gasteiger partial charge is 0.394 e. The molecule has 1 heterocycles. The number of nitrogens with zero attached hydrogens (tertiary/aromatic N) is 2. The molecule has 1 atom stereocenters. The van der Waals surface area contributed by atoms with Crippen molar-refractivity contribution in [2.24, 2.45) is 5.73 Å². The molecule has 0 saturated carbocycles. The van der Waals surface area contributed by atoms with Gasteiger partial charge in [-0.1, -0.05) is 6.58 Å². The maximum absolute atomic E-state index is 8.68. The van der Waals surface area contributed by atoms with Crippen LogP contribution < -0.4 is 5.73 Å². The zero-order valence-corrected chi connectivity index (χ0v) is 6.14. The standard InChI is InChI=1S/C7H11N3O/c1-2-10-4-6(3-9-10)7(8)5-11/h2-4,7,11H,1,5,8H2/t7-/m0/s1. The molecule has 0 unspecified atom stereocenters. The molecule has 0 amide bonds. The Bertz CT molecular complexity index is 244. The van der Waals surface area contributed by atoms with E-state index in [-0.39, 0.29) is 12.6 Å². The zero-order valence-electron chi connectivity index (χ0n) is 6.14. The molecule has 3 N–H and O–H groups in total. The molecule has 4 heteroatoms. The van der Waals surface area contributed by atoms with Crippen LogP contribution in [-0.2, 0) is 0 Å². The predicted molar refractivity (Wildman–Crippen MR) is 42.6 cm³/mol. The van der Waals surface area contributed by atoms with Crippen LogP contribution in [0.1, 0.15) is 11.6 Å². The lowest BCUT2D eigenvalue weighted by molar-refractivity contribution is 0.268. The van der Waals surface area contributed by atoms with Gasteiger partial charge in [-0.2, -0.15) is 5.10 Å². The normalized spacial score (nSPS) is 12.9. The highest BCUT2D eigenvalue weighted by Crippen LogP contribution is 2.07. The van der Waals surface area contributed by atoms with Crippen LogP contribution in [0.25, 0.3) is 6.20 Å². The summed E-state index contributed by atoms with van der Waals surface area (Å²) >= 11 is 0. The first-order valence-corrected chi connectivity index (χ1v) is 3.31. The number of aromatic nitrogens is 2. The number of aliphatic hydroxyl groups excluding tert-OH is 1. The van der Waals surface area contributed by atoms with Gasteiger partial charge in [0.15, 0.2) is 0 Å². The average molecular weight is 153 g/mol. The minimum atomic E-state index is -0.344. The maximum Gasteiger partial charge on any atom is 0.0625 e. The number of nitrogens with two attached hydrogens (primary N) is 1. The molecule has 1 rings (SSSR count). The van der Waals surface area contributed by atoms with E-state index in [0.717, 1.165) is 5.56 Å². The van der Waals surface area contributed by atoms with Crippen LogP contribution >= 0.6 is 0 Å². The lowest BCUT2D eigenvalue weighted by Crippen LogP contribution is -2.13. The molecular formula is C7H11N3O. The van der Waals surface area contributed by atoms with Gasteiger partial charge >= 0.3 is 0 Å². The summed E-state index contributed by atoms with van der Waals surface area (Å²) in [4.78, 5) is 0. The highest BCUT2D eigenvalue weighted by Gasteiger charge is 2.05. The Morgan fingerprint density at radius 1 is 1.91 bits per heavy atom.